The van der Waals surface area contributed by atoms with Crippen LogP contribution >= 0.6 is 0 Å². The van der Waals surface area contributed by atoms with Crippen molar-refractivity contribution in [2.75, 3.05) is 26.4 Å². The first kappa shape index (κ1) is 81.7. The molecule has 3 aliphatic rings. The third-order valence-corrected chi connectivity index (χ3v) is 17.6. The van der Waals surface area contributed by atoms with Gasteiger partial charge in [-0.25, -0.2) is 0 Å². The third-order valence-electron chi connectivity index (χ3n) is 17.6. The molecule has 0 aromatic rings. The molecule has 19 nitrogen and oxygen atoms in total. The molecule has 90 heavy (non-hydrogen) atoms. The van der Waals surface area contributed by atoms with Gasteiger partial charge in [-0.1, -0.05) is 254 Å². The number of carbonyl (C=O) groups is 1. The summed E-state index contributed by atoms with van der Waals surface area (Å²) in [5.74, 6) is -0.282. The third kappa shape index (κ3) is 34.2. The predicted octanol–water partition coefficient (Wildman–Crippen LogP) is 9.55. The van der Waals surface area contributed by atoms with Gasteiger partial charge in [-0.05, 0) is 51.4 Å². The van der Waals surface area contributed by atoms with Gasteiger partial charge >= 0.3 is 0 Å². The Morgan fingerprint density at radius 2 is 0.767 bits per heavy atom. The van der Waals surface area contributed by atoms with E-state index < -0.39 is 124 Å². The summed E-state index contributed by atoms with van der Waals surface area (Å²) in [5, 5.41) is 119. The monoisotopic (exact) mass is 1280 g/mol. The van der Waals surface area contributed by atoms with E-state index in [2.05, 4.69) is 60.8 Å². The summed E-state index contributed by atoms with van der Waals surface area (Å²) >= 11 is 0. The number of unbranched alkanes of at least 4 members (excludes halogenated alkanes) is 30. The Bertz CT molecular complexity index is 1870. The van der Waals surface area contributed by atoms with Crippen molar-refractivity contribution < 1.29 is 89.4 Å². The molecule has 19 heteroatoms. The molecule has 3 rings (SSSR count). The number of hydrogen-bond donors (Lipinski definition) is 12. The maximum absolute atomic E-state index is 13.2. The van der Waals surface area contributed by atoms with E-state index in [0.717, 1.165) is 57.8 Å². The molecule has 17 unspecified atom stereocenters. The topological polar surface area (TPSA) is 307 Å². The Labute approximate surface area is 541 Å². The Morgan fingerprint density at radius 1 is 0.411 bits per heavy atom. The summed E-state index contributed by atoms with van der Waals surface area (Å²) < 4.78 is 34.1. The fourth-order valence-corrected chi connectivity index (χ4v) is 11.8. The van der Waals surface area contributed by atoms with Crippen LogP contribution in [0.15, 0.2) is 60.8 Å². The number of carbonyl (C=O) groups excluding carboxylic acids is 1. The zero-order chi connectivity index (χ0) is 65.4. The first-order valence-electron chi connectivity index (χ1n) is 35.5. The minimum absolute atomic E-state index is 0.244. The molecule has 17 atom stereocenters. The maximum atomic E-state index is 13.2. The van der Waals surface area contributed by atoms with Crippen LogP contribution in [-0.4, -0.2) is 193 Å². The summed E-state index contributed by atoms with van der Waals surface area (Å²) in [4.78, 5) is 13.2. The van der Waals surface area contributed by atoms with Crippen LogP contribution in [0.4, 0.5) is 0 Å². The number of aliphatic hydroxyl groups is 11. The fraction of sp³-hybridized carbons (Fsp3) is 0.845. The number of hydrogen-bond acceptors (Lipinski definition) is 18. The first-order valence-corrected chi connectivity index (χ1v) is 35.5. The molecule has 0 bridgehead atoms. The Kier molecular flexibility index (Phi) is 47.9. The molecule has 3 heterocycles. The van der Waals surface area contributed by atoms with Crippen LogP contribution in [0, 0.1) is 0 Å². The first-order chi connectivity index (χ1) is 43.8. The van der Waals surface area contributed by atoms with E-state index in [-0.39, 0.29) is 18.9 Å². The van der Waals surface area contributed by atoms with E-state index in [9.17, 15) is 61.0 Å². The van der Waals surface area contributed by atoms with Gasteiger partial charge in [-0.2, -0.15) is 0 Å². The molecule has 0 aromatic carbocycles. The largest absolute Gasteiger partial charge is 0.394 e. The number of ether oxygens (including phenoxy) is 6. The lowest BCUT2D eigenvalue weighted by atomic mass is 9.96. The molecule has 1 amide bonds. The highest BCUT2D eigenvalue weighted by Crippen LogP contribution is 2.33. The van der Waals surface area contributed by atoms with Crippen molar-refractivity contribution in [3.8, 4) is 0 Å². The van der Waals surface area contributed by atoms with Gasteiger partial charge in [0.25, 0.3) is 0 Å². The maximum Gasteiger partial charge on any atom is 0.220 e. The average molecular weight is 1280 g/mol. The molecule has 12 N–H and O–H groups in total. The molecule has 0 aromatic heterocycles. The van der Waals surface area contributed by atoms with Gasteiger partial charge in [0.2, 0.25) is 5.91 Å². The Hall–Kier alpha value is -2.51. The van der Waals surface area contributed by atoms with E-state index in [4.69, 9.17) is 28.4 Å². The highest BCUT2D eigenvalue weighted by atomic mass is 16.8. The molecular weight excluding hydrogens is 1150 g/mol. The summed E-state index contributed by atoms with van der Waals surface area (Å²) in [6.07, 6.45) is 39.4. The van der Waals surface area contributed by atoms with E-state index in [0.29, 0.717) is 12.8 Å². The van der Waals surface area contributed by atoms with Crippen molar-refractivity contribution in [2.24, 2.45) is 0 Å². The van der Waals surface area contributed by atoms with Crippen molar-refractivity contribution in [1.82, 2.24) is 5.32 Å². The van der Waals surface area contributed by atoms with Crippen LogP contribution in [0.2, 0.25) is 0 Å². The normalized spacial score (nSPS) is 28.4. The van der Waals surface area contributed by atoms with Crippen molar-refractivity contribution in [2.45, 2.75) is 356 Å². The van der Waals surface area contributed by atoms with Crippen LogP contribution in [0.5, 0.6) is 0 Å². The highest BCUT2D eigenvalue weighted by molar-refractivity contribution is 5.76. The van der Waals surface area contributed by atoms with Crippen molar-refractivity contribution in [1.29, 1.82) is 0 Å². The van der Waals surface area contributed by atoms with Crippen LogP contribution < -0.4 is 5.32 Å². The second-order valence-corrected chi connectivity index (χ2v) is 25.3. The van der Waals surface area contributed by atoms with Gasteiger partial charge in [0.15, 0.2) is 18.9 Å². The summed E-state index contributed by atoms with van der Waals surface area (Å²) in [6, 6.07) is -0.967. The van der Waals surface area contributed by atoms with E-state index in [1.807, 2.05) is 13.0 Å². The summed E-state index contributed by atoms with van der Waals surface area (Å²) in [6.45, 7) is 1.44. The fourth-order valence-electron chi connectivity index (χ4n) is 11.8. The quantitative estimate of drug-likeness (QED) is 0.0199. The van der Waals surface area contributed by atoms with Gasteiger partial charge in [-0.15, -0.1) is 0 Å². The van der Waals surface area contributed by atoms with E-state index >= 15 is 0 Å². The lowest BCUT2D eigenvalue weighted by Gasteiger charge is -2.48. The van der Waals surface area contributed by atoms with E-state index in [1.165, 1.54) is 161 Å². The van der Waals surface area contributed by atoms with Gasteiger partial charge in [-0.3, -0.25) is 4.79 Å². The SMILES string of the molecule is CC/C=C\C/C=C\C/C=C\C/C=C\CCCCCCCCCCCCCCCCCCCCCCCCCCCCCCC(=O)NC(COC1OC(CO)C(OC2OC(CO)C(OC3OC(CO)C(O)C(O)C3O)C(O)C2O)C(O)C1O)C(O)/C=C/CCCC. The number of rotatable bonds is 54. The van der Waals surface area contributed by atoms with Gasteiger partial charge < -0.3 is 89.9 Å². The molecule has 0 spiro atoms. The average Bonchev–Trinajstić information content (AvgIpc) is 1.63. The number of allylic oxidation sites excluding steroid dienone is 9. The molecule has 0 radical (unpaired) electrons. The highest BCUT2D eigenvalue weighted by Gasteiger charge is 2.53. The van der Waals surface area contributed by atoms with Crippen molar-refractivity contribution >= 4 is 5.91 Å². The minimum Gasteiger partial charge on any atom is -0.394 e. The van der Waals surface area contributed by atoms with Gasteiger partial charge in [0.1, 0.15) is 73.2 Å². The van der Waals surface area contributed by atoms with Crippen LogP contribution in [0.25, 0.3) is 0 Å². The van der Waals surface area contributed by atoms with Gasteiger partial charge in [0, 0.05) is 6.42 Å². The zero-order valence-corrected chi connectivity index (χ0v) is 55.4. The standard InChI is InChI=1S/C71H127NO18/c1-3-5-7-9-10-11-12-13-14-15-16-17-18-19-20-21-22-23-24-25-26-27-28-29-30-31-32-33-34-35-36-37-38-39-40-41-42-43-44-45-47-49-59(77)72-54(55(76)48-46-8-6-4-2)53-85-69-65(83)62(80)67(57(51-74)87-69)90-71-66(84)63(81)68(58(52-75)88-71)89-70-64(82)61(79)60(78)56(50-73)86-70/h5,7,10-11,13-14,16-17,46,48,54-58,60-71,73-76,78-84H,3-4,6,8-9,12,15,18-45,47,49-53H2,1-2H3,(H,72,77)/b7-5-,11-10-,14-13-,17-16-,48-46+. The lowest BCUT2D eigenvalue weighted by Crippen LogP contribution is -2.66. The number of aliphatic hydroxyl groups excluding tert-OH is 11. The Morgan fingerprint density at radius 3 is 1.19 bits per heavy atom. The molecule has 0 aliphatic carbocycles. The zero-order valence-electron chi connectivity index (χ0n) is 55.4. The van der Waals surface area contributed by atoms with Crippen LogP contribution in [0.1, 0.15) is 251 Å². The van der Waals surface area contributed by atoms with Crippen molar-refractivity contribution in [3.63, 3.8) is 0 Å². The molecule has 524 valence electrons. The van der Waals surface area contributed by atoms with Crippen molar-refractivity contribution in [3.05, 3.63) is 60.8 Å². The van der Waals surface area contributed by atoms with Crippen LogP contribution in [0.3, 0.4) is 0 Å². The summed E-state index contributed by atoms with van der Waals surface area (Å²) in [7, 11) is 0. The molecule has 0 saturated carbocycles. The minimum atomic E-state index is -1.98. The molecule has 3 aliphatic heterocycles. The van der Waals surface area contributed by atoms with E-state index in [1.54, 1.807) is 6.08 Å². The number of nitrogens with one attached hydrogen (secondary N) is 1. The Balaban J connectivity index is 1.18. The summed E-state index contributed by atoms with van der Waals surface area (Å²) in [5.41, 5.74) is 0. The smallest absolute Gasteiger partial charge is 0.220 e. The lowest BCUT2D eigenvalue weighted by molar-refractivity contribution is -0.379. The predicted molar refractivity (Wildman–Crippen MR) is 351 cm³/mol. The van der Waals surface area contributed by atoms with Gasteiger partial charge in [0.05, 0.1) is 38.6 Å². The second-order valence-electron chi connectivity index (χ2n) is 25.3. The van der Waals surface area contributed by atoms with Crippen LogP contribution in [-0.2, 0) is 33.2 Å². The second kappa shape index (κ2) is 52.7. The molecule has 3 fully saturated rings. The molecule has 3 saturated heterocycles. The number of amides is 1. The molecular formula is C71H127NO18.